The lowest BCUT2D eigenvalue weighted by molar-refractivity contribution is 0.428. The Balaban J connectivity index is 1.66. The molecular formula is C23H18Cl2N4O3S. The van der Waals surface area contributed by atoms with Gasteiger partial charge < -0.3 is 5.11 Å². The van der Waals surface area contributed by atoms with Crippen LogP contribution in [0.15, 0.2) is 65.7 Å². The Morgan fingerprint density at radius 3 is 2.42 bits per heavy atom. The third kappa shape index (κ3) is 3.74. The number of aryl methyl sites for hydroxylation is 1. The molecule has 0 radical (unpaired) electrons. The lowest BCUT2D eigenvalue weighted by atomic mass is 10.1. The number of sulfonamides is 1. The molecule has 0 saturated heterocycles. The van der Waals surface area contributed by atoms with Crippen LogP contribution in [0.2, 0.25) is 10.0 Å². The van der Waals surface area contributed by atoms with Gasteiger partial charge in [0.2, 0.25) is 5.88 Å². The number of hydrogen-bond acceptors (Lipinski definition) is 5. The van der Waals surface area contributed by atoms with E-state index < -0.39 is 10.0 Å². The highest BCUT2D eigenvalue weighted by Crippen LogP contribution is 2.41. The van der Waals surface area contributed by atoms with Crippen LogP contribution in [-0.4, -0.2) is 34.8 Å². The molecule has 0 saturated carbocycles. The minimum atomic E-state index is -3.88. The standard InChI is InChI=1S/C23H18Cl2N4O3S/c1-14-4-6-18(7-5-14)33(31,32)28-10-8-20-21(19-3-2-9-26-22(19)28)27-29(23(20)30)17-12-15(24)11-16(25)13-17/h2-7,9,11-13,30H,8,10H2,1H3. The molecule has 0 unspecified atom stereocenters. The zero-order valence-electron chi connectivity index (χ0n) is 17.4. The average molecular weight is 501 g/mol. The van der Waals surface area contributed by atoms with Gasteiger partial charge in [-0.3, -0.25) is 0 Å². The molecular weight excluding hydrogens is 483 g/mol. The van der Waals surface area contributed by atoms with Crippen molar-refractivity contribution >= 4 is 39.0 Å². The second-order valence-corrected chi connectivity index (χ2v) is 10.4. The minimum absolute atomic E-state index is 0.0861. The van der Waals surface area contributed by atoms with E-state index in [1.807, 2.05) is 6.92 Å². The molecule has 0 aliphatic carbocycles. The van der Waals surface area contributed by atoms with Crippen molar-refractivity contribution in [2.24, 2.45) is 0 Å². The lowest BCUT2D eigenvalue weighted by Gasteiger charge is -2.23. The molecule has 0 bridgehead atoms. The first-order valence-corrected chi connectivity index (χ1v) is 12.3. The van der Waals surface area contributed by atoms with Crippen LogP contribution in [-0.2, 0) is 16.4 Å². The van der Waals surface area contributed by atoms with Crippen molar-refractivity contribution in [3.63, 3.8) is 0 Å². The van der Waals surface area contributed by atoms with E-state index in [-0.39, 0.29) is 29.6 Å². The van der Waals surface area contributed by atoms with E-state index in [1.165, 1.54) is 15.2 Å². The number of anilines is 1. The smallest absolute Gasteiger partial charge is 0.265 e. The van der Waals surface area contributed by atoms with Gasteiger partial charge in [0.15, 0.2) is 5.82 Å². The Bertz CT molecular complexity index is 1460. The highest BCUT2D eigenvalue weighted by Gasteiger charge is 2.34. The fourth-order valence-corrected chi connectivity index (χ4v) is 5.85. The van der Waals surface area contributed by atoms with Gasteiger partial charge in [-0.15, -0.1) is 0 Å². The van der Waals surface area contributed by atoms with E-state index in [0.717, 1.165) is 5.56 Å². The summed E-state index contributed by atoms with van der Waals surface area (Å²) in [4.78, 5) is 4.56. The summed E-state index contributed by atoms with van der Waals surface area (Å²) >= 11 is 12.3. The lowest BCUT2D eigenvalue weighted by Crippen LogP contribution is -2.33. The van der Waals surface area contributed by atoms with E-state index in [4.69, 9.17) is 23.2 Å². The summed E-state index contributed by atoms with van der Waals surface area (Å²) in [7, 11) is -3.88. The number of halogens is 2. The number of aromatic hydroxyl groups is 1. The molecule has 5 rings (SSSR count). The van der Waals surface area contributed by atoms with Gasteiger partial charge in [0.05, 0.1) is 10.6 Å². The van der Waals surface area contributed by atoms with Crippen molar-refractivity contribution in [3.8, 4) is 22.8 Å². The molecule has 10 heteroatoms. The molecule has 33 heavy (non-hydrogen) atoms. The maximum absolute atomic E-state index is 13.5. The Morgan fingerprint density at radius 2 is 1.73 bits per heavy atom. The van der Waals surface area contributed by atoms with Crippen molar-refractivity contribution < 1.29 is 13.5 Å². The van der Waals surface area contributed by atoms with Gasteiger partial charge in [0.25, 0.3) is 10.0 Å². The van der Waals surface area contributed by atoms with Crippen molar-refractivity contribution in [1.82, 2.24) is 14.8 Å². The van der Waals surface area contributed by atoms with Crippen LogP contribution in [0.25, 0.3) is 16.9 Å². The van der Waals surface area contributed by atoms with Crippen molar-refractivity contribution in [2.75, 3.05) is 10.8 Å². The molecule has 168 valence electrons. The number of pyridine rings is 1. The maximum atomic E-state index is 13.5. The number of rotatable bonds is 3. The molecule has 1 aliphatic rings. The van der Waals surface area contributed by atoms with Gasteiger partial charge in [-0.1, -0.05) is 40.9 Å². The van der Waals surface area contributed by atoms with Crippen molar-refractivity contribution in [2.45, 2.75) is 18.2 Å². The normalized spacial score (nSPS) is 13.4. The Labute approximate surface area is 200 Å². The van der Waals surface area contributed by atoms with Crippen LogP contribution < -0.4 is 4.31 Å². The molecule has 0 amide bonds. The van der Waals surface area contributed by atoms with Crippen molar-refractivity contribution in [1.29, 1.82) is 0 Å². The van der Waals surface area contributed by atoms with Gasteiger partial charge in [0, 0.05) is 33.9 Å². The molecule has 1 aliphatic heterocycles. The van der Waals surface area contributed by atoms with Crippen LogP contribution in [0.1, 0.15) is 11.1 Å². The van der Waals surface area contributed by atoms with E-state index in [0.29, 0.717) is 32.6 Å². The second kappa shape index (κ2) is 8.06. The molecule has 7 nitrogen and oxygen atoms in total. The van der Waals surface area contributed by atoms with Crippen LogP contribution in [0, 0.1) is 6.92 Å². The van der Waals surface area contributed by atoms with Gasteiger partial charge in [-0.2, -0.15) is 5.10 Å². The maximum Gasteiger partial charge on any atom is 0.265 e. The summed E-state index contributed by atoms with van der Waals surface area (Å²) in [6, 6.07) is 15.0. The number of hydrogen-bond donors (Lipinski definition) is 1. The molecule has 0 fully saturated rings. The minimum Gasteiger partial charge on any atom is -0.493 e. The predicted octanol–water partition coefficient (Wildman–Crippen LogP) is 5.01. The predicted molar refractivity (Wildman–Crippen MR) is 128 cm³/mol. The zero-order chi connectivity index (χ0) is 23.3. The molecule has 0 atom stereocenters. The quantitative estimate of drug-likeness (QED) is 0.427. The van der Waals surface area contributed by atoms with E-state index >= 15 is 0 Å². The molecule has 0 spiro atoms. The second-order valence-electron chi connectivity index (χ2n) is 7.71. The number of benzene rings is 2. The molecule has 2 aromatic heterocycles. The molecule has 4 aromatic rings. The molecule has 1 N–H and O–H groups in total. The summed E-state index contributed by atoms with van der Waals surface area (Å²) < 4.78 is 29.6. The molecule has 2 aromatic carbocycles. The summed E-state index contributed by atoms with van der Waals surface area (Å²) in [6.45, 7) is 1.98. The summed E-state index contributed by atoms with van der Waals surface area (Å²) in [5.74, 6) is 0.151. The summed E-state index contributed by atoms with van der Waals surface area (Å²) in [6.07, 6.45) is 1.77. The monoisotopic (exact) mass is 500 g/mol. The SMILES string of the molecule is Cc1ccc(S(=O)(=O)N2CCc3c(nn(-c4cc(Cl)cc(Cl)c4)c3O)-c3cccnc32)cc1. The first-order valence-electron chi connectivity index (χ1n) is 10.1. The zero-order valence-corrected chi connectivity index (χ0v) is 19.7. The van der Waals surface area contributed by atoms with E-state index in [1.54, 1.807) is 54.6 Å². The third-order valence-corrected chi connectivity index (χ3v) is 7.74. The van der Waals surface area contributed by atoms with Gasteiger partial charge in [0.1, 0.15) is 5.69 Å². The first kappa shape index (κ1) is 21.8. The van der Waals surface area contributed by atoms with E-state index in [9.17, 15) is 13.5 Å². The summed E-state index contributed by atoms with van der Waals surface area (Å²) in [5.41, 5.74) is 2.93. The highest BCUT2D eigenvalue weighted by atomic mass is 35.5. The Kier molecular flexibility index (Phi) is 5.31. The van der Waals surface area contributed by atoms with Crippen LogP contribution in [0.5, 0.6) is 5.88 Å². The Hall–Kier alpha value is -3.07. The van der Waals surface area contributed by atoms with Crippen LogP contribution in [0.3, 0.4) is 0 Å². The first-order chi connectivity index (χ1) is 15.8. The summed E-state index contributed by atoms with van der Waals surface area (Å²) in [5, 5.41) is 16.4. The van der Waals surface area contributed by atoms with Crippen molar-refractivity contribution in [3.05, 3.63) is 82.0 Å². The fraction of sp³-hybridized carbons (Fsp3) is 0.130. The van der Waals surface area contributed by atoms with Gasteiger partial charge >= 0.3 is 0 Å². The Morgan fingerprint density at radius 1 is 1.03 bits per heavy atom. The third-order valence-electron chi connectivity index (χ3n) is 5.50. The van der Waals surface area contributed by atoms with Gasteiger partial charge in [-0.05, 0) is 55.8 Å². The van der Waals surface area contributed by atoms with E-state index in [2.05, 4.69) is 10.1 Å². The van der Waals surface area contributed by atoms with Gasteiger partial charge in [-0.25, -0.2) is 22.4 Å². The molecule has 3 heterocycles. The topological polar surface area (TPSA) is 88.3 Å². The fourth-order valence-electron chi connectivity index (χ4n) is 3.90. The largest absolute Gasteiger partial charge is 0.493 e. The number of fused-ring (bicyclic) bond motifs is 3. The van der Waals surface area contributed by atoms with Crippen LogP contribution in [0.4, 0.5) is 5.82 Å². The van der Waals surface area contributed by atoms with Crippen LogP contribution >= 0.6 is 23.2 Å². The number of aromatic nitrogens is 3. The highest BCUT2D eigenvalue weighted by molar-refractivity contribution is 7.92. The average Bonchev–Trinajstić information content (AvgIpc) is 3.00. The number of nitrogens with zero attached hydrogens (tertiary/aromatic N) is 4.